The van der Waals surface area contributed by atoms with Crippen molar-refractivity contribution in [1.82, 2.24) is 0 Å². The molecule has 0 radical (unpaired) electrons. The fourth-order valence-corrected chi connectivity index (χ4v) is 3.09. The largest absolute Gasteiger partial charge is 0.506 e. The summed E-state index contributed by atoms with van der Waals surface area (Å²) in [6.07, 6.45) is 0. The van der Waals surface area contributed by atoms with E-state index in [0.29, 0.717) is 11.1 Å². The monoisotopic (exact) mass is 326 g/mol. The summed E-state index contributed by atoms with van der Waals surface area (Å²) in [4.78, 5) is 24.8. The standard InChI is InChI=1S/C22H14O3/c23-20-17-8-4-5-9-18(17)21(24)22(25)19(20)16-12-10-15(11-13-16)14-6-2-1-3-7-14/h1-13,23H. The van der Waals surface area contributed by atoms with Crippen LogP contribution in [0.5, 0.6) is 0 Å². The predicted octanol–water partition coefficient (Wildman–Crippen LogP) is 4.55. The number of benzene rings is 3. The molecule has 3 nitrogen and oxygen atoms in total. The molecule has 3 heteroatoms. The van der Waals surface area contributed by atoms with E-state index in [2.05, 4.69) is 0 Å². The average Bonchev–Trinajstić information content (AvgIpc) is 2.68. The summed E-state index contributed by atoms with van der Waals surface area (Å²) in [6, 6.07) is 23.7. The summed E-state index contributed by atoms with van der Waals surface area (Å²) in [5.74, 6) is -1.41. The molecule has 0 unspecified atom stereocenters. The van der Waals surface area contributed by atoms with Gasteiger partial charge in [-0.1, -0.05) is 78.9 Å². The number of rotatable bonds is 2. The van der Waals surface area contributed by atoms with Gasteiger partial charge < -0.3 is 5.11 Å². The minimum atomic E-state index is -0.677. The minimum Gasteiger partial charge on any atom is -0.506 e. The molecule has 0 saturated carbocycles. The Kier molecular flexibility index (Phi) is 3.55. The van der Waals surface area contributed by atoms with Gasteiger partial charge in [-0.25, -0.2) is 0 Å². The van der Waals surface area contributed by atoms with Gasteiger partial charge in [-0.3, -0.25) is 9.59 Å². The number of aliphatic hydroxyl groups is 1. The van der Waals surface area contributed by atoms with Gasteiger partial charge in [0.05, 0.1) is 5.57 Å². The maximum atomic E-state index is 12.5. The van der Waals surface area contributed by atoms with Gasteiger partial charge in [0.15, 0.2) is 0 Å². The Bertz CT molecular complexity index is 1010. The molecule has 0 saturated heterocycles. The first-order valence-electron chi connectivity index (χ1n) is 7.94. The lowest BCUT2D eigenvalue weighted by atomic mass is 9.85. The number of carbonyl (C=O) groups is 2. The first kappa shape index (κ1) is 15.1. The van der Waals surface area contributed by atoms with Crippen molar-refractivity contribution in [1.29, 1.82) is 0 Å². The number of Topliss-reactive ketones (excluding diaryl/α,β-unsaturated/α-hetero) is 2. The third kappa shape index (κ3) is 2.46. The first-order valence-corrected chi connectivity index (χ1v) is 7.94. The van der Waals surface area contributed by atoms with Crippen LogP contribution in [0.1, 0.15) is 21.5 Å². The highest BCUT2D eigenvalue weighted by molar-refractivity contribution is 6.62. The van der Waals surface area contributed by atoms with E-state index in [9.17, 15) is 14.7 Å². The lowest BCUT2D eigenvalue weighted by Gasteiger charge is -2.18. The number of ketones is 2. The van der Waals surface area contributed by atoms with Crippen LogP contribution in [0.15, 0.2) is 78.9 Å². The third-order valence-electron chi connectivity index (χ3n) is 4.38. The van der Waals surface area contributed by atoms with E-state index in [1.807, 2.05) is 42.5 Å². The highest BCUT2D eigenvalue weighted by atomic mass is 16.3. The quantitative estimate of drug-likeness (QED) is 0.703. The molecule has 3 aromatic rings. The lowest BCUT2D eigenvalue weighted by Crippen LogP contribution is -2.23. The topological polar surface area (TPSA) is 54.4 Å². The van der Waals surface area contributed by atoms with Gasteiger partial charge in [0.25, 0.3) is 0 Å². The highest BCUT2D eigenvalue weighted by Gasteiger charge is 2.33. The molecule has 0 amide bonds. The van der Waals surface area contributed by atoms with Gasteiger partial charge in [-0.15, -0.1) is 0 Å². The summed E-state index contributed by atoms with van der Waals surface area (Å²) in [7, 11) is 0. The molecule has 0 bridgehead atoms. The second kappa shape index (κ2) is 5.87. The molecule has 4 rings (SSSR count). The Morgan fingerprint density at radius 2 is 1.04 bits per heavy atom. The molecule has 0 spiro atoms. The van der Waals surface area contributed by atoms with Crippen LogP contribution >= 0.6 is 0 Å². The summed E-state index contributed by atoms with van der Waals surface area (Å²) >= 11 is 0. The average molecular weight is 326 g/mol. The molecule has 0 atom stereocenters. The fourth-order valence-electron chi connectivity index (χ4n) is 3.09. The maximum absolute atomic E-state index is 12.5. The summed E-state index contributed by atoms with van der Waals surface area (Å²) < 4.78 is 0. The number of fused-ring (bicyclic) bond motifs is 1. The van der Waals surface area contributed by atoms with Crippen molar-refractivity contribution in [2.75, 3.05) is 0 Å². The van der Waals surface area contributed by atoms with Crippen molar-refractivity contribution >= 4 is 22.9 Å². The van der Waals surface area contributed by atoms with E-state index in [0.717, 1.165) is 11.1 Å². The Hall–Kier alpha value is -3.46. The molecular weight excluding hydrogens is 312 g/mol. The van der Waals surface area contributed by atoms with Crippen molar-refractivity contribution in [3.8, 4) is 11.1 Å². The Morgan fingerprint density at radius 3 is 1.72 bits per heavy atom. The van der Waals surface area contributed by atoms with Crippen LogP contribution in [0.4, 0.5) is 0 Å². The van der Waals surface area contributed by atoms with E-state index < -0.39 is 11.6 Å². The highest BCUT2D eigenvalue weighted by Crippen LogP contribution is 2.34. The van der Waals surface area contributed by atoms with Crippen LogP contribution < -0.4 is 0 Å². The molecule has 1 aliphatic carbocycles. The summed E-state index contributed by atoms with van der Waals surface area (Å²) in [5, 5.41) is 10.6. The molecule has 25 heavy (non-hydrogen) atoms. The zero-order chi connectivity index (χ0) is 17.4. The van der Waals surface area contributed by atoms with Gasteiger partial charge in [-0.2, -0.15) is 0 Å². The van der Waals surface area contributed by atoms with Crippen molar-refractivity contribution in [2.24, 2.45) is 0 Å². The molecule has 0 aliphatic heterocycles. The first-order chi connectivity index (χ1) is 12.2. The predicted molar refractivity (Wildman–Crippen MR) is 97.1 cm³/mol. The van der Waals surface area contributed by atoms with Gasteiger partial charge in [0.2, 0.25) is 11.6 Å². The van der Waals surface area contributed by atoms with E-state index in [4.69, 9.17) is 0 Å². The van der Waals surface area contributed by atoms with Gasteiger partial charge >= 0.3 is 0 Å². The summed E-state index contributed by atoms with van der Waals surface area (Å²) in [6.45, 7) is 0. The minimum absolute atomic E-state index is 0.0586. The van der Waals surface area contributed by atoms with E-state index in [-0.39, 0.29) is 16.9 Å². The van der Waals surface area contributed by atoms with Crippen molar-refractivity contribution < 1.29 is 14.7 Å². The van der Waals surface area contributed by atoms with Crippen molar-refractivity contribution in [3.63, 3.8) is 0 Å². The van der Waals surface area contributed by atoms with Crippen LogP contribution in [0.3, 0.4) is 0 Å². The van der Waals surface area contributed by atoms with Crippen LogP contribution in [0.2, 0.25) is 0 Å². The van der Waals surface area contributed by atoms with E-state index in [1.54, 1.807) is 36.4 Å². The molecule has 1 aliphatic rings. The molecule has 1 N–H and O–H groups in total. The Balaban J connectivity index is 1.82. The van der Waals surface area contributed by atoms with Crippen LogP contribution in [0.25, 0.3) is 22.5 Å². The SMILES string of the molecule is O=C1C(=O)c2ccccc2C(O)=C1c1ccc(-c2ccccc2)cc1. The van der Waals surface area contributed by atoms with Crippen molar-refractivity contribution in [2.45, 2.75) is 0 Å². The summed E-state index contributed by atoms with van der Waals surface area (Å²) in [5.41, 5.74) is 3.29. The number of aliphatic hydroxyl groups excluding tert-OH is 1. The van der Waals surface area contributed by atoms with Crippen molar-refractivity contribution in [3.05, 3.63) is 95.6 Å². The lowest BCUT2D eigenvalue weighted by molar-refractivity contribution is -0.110. The van der Waals surface area contributed by atoms with Gasteiger partial charge in [0, 0.05) is 11.1 Å². The second-order valence-electron chi connectivity index (χ2n) is 5.87. The van der Waals surface area contributed by atoms with Gasteiger partial charge in [-0.05, 0) is 16.7 Å². The van der Waals surface area contributed by atoms with Gasteiger partial charge in [0.1, 0.15) is 5.76 Å². The maximum Gasteiger partial charge on any atom is 0.237 e. The normalized spacial score (nSPS) is 13.8. The van der Waals surface area contributed by atoms with Crippen LogP contribution in [0, 0.1) is 0 Å². The molecule has 120 valence electrons. The van der Waals surface area contributed by atoms with E-state index in [1.165, 1.54) is 0 Å². The molecule has 0 aromatic heterocycles. The fraction of sp³-hybridized carbons (Fsp3) is 0. The molecule has 3 aromatic carbocycles. The Morgan fingerprint density at radius 1 is 0.520 bits per heavy atom. The molecule has 0 heterocycles. The number of allylic oxidation sites excluding steroid dienone is 1. The second-order valence-corrected chi connectivity index (χ2v) is 5.87. The number of hydrogen-bond acceptors (Lipinski definition) is 3. The molecule has 0 fully saturated rings. The zero-order valence-electron chi connectivity index (χ0n) is 13.3. The smallest absolute Gasteiger partial charge is 0.237 e. The van der Waals surface area contributed by atoms with Crippen LogP contribution in [-0.2, 0) is 4.79 Å². The number of carbonyl (C=O) groups excluding carboxylic acids is 2. The van der Waals surface area contributed by atoms with E-state index >= 15 is 0 Å². The molecular formula is C22H14O3. The number of hydrogen-bond donors (Lipinski definition) is 1. The third-order valence-corrected chi connectivity index (χ3v) is 4.38. The van der Waals surface area contributed by atoms with Crippen LogP contribution in [-0.4, -0.2) is 16.7 Å². The Labute approximate surface area is 144 Å². The zero-order valence-corrected chi connectivity index (χ0v) is 13.3.